The molecule has 0 unspecified atom stereocenters. The molecular weight excluding hydrogens is 333 g/mol. The van der Waals surface area contributed by atoms with Crippen molar-refractivity contribution in [3.63, 3.8) is 0 Å². The third kappa shape index (κ3) is 2.92. The number of hydrogen-bond acceptors (Lipinski definition) is 2. The number of halogens is 2. The lowest BCUT2D eigenvalue weighted by molar-refractivity contribution is 0.102. The first-order chi connectivity index (χ1) is 11.0. The Hall–Kier alpha value is -2.04. The van der Waals surface area contributed by atoms with Gasteiger partial charge in [0.2, 0.25) is 0 Å². The number of nitrogens with zero attached hydrogens (tertiary/aromatic N) is 2. The minimum Gasteiger partial charge on any atom is -0.319 e. The highest BCUT2D eigenvalue weighted by molar-refractivity contribution is 6.44. The third-order valence-corrected chi connectivity index (χ3v) is 4.42. The first-order valence-corrected chi connectivity index (χ1v) is 7.99. The van der Waals surface area contributed by atoms with Gasteiger partial charge in [-0.15, -0.1) is 0 Å². The summed E-state index contributed by atoms with van der Waals surface area (Å²) < 4.78 is 1.79. The minimum atomic E-state index is -0.262. The maximum atomic E-state index is 12.7. The predicted octanol–water partition coefficient (Wildman–Crippen LogP) is 4.76. The third-order valence-electron chi connectivity index (χ3n) is 3.60. The van der Waals surface area contributed by atoms with Crippen LogP contribution in [0.15, 0.2) is 36.5 Å². The van der Waals surface area contributed by atoms with Crippen LogP contribution in [0.3, 0.4) is 0 Å². The van der Waals surface area contributed by atoms with E-state index in [4.69, 9.17) is 23.2 Å². The number of aromatic nitrogens is 2. The summed E-state index contributed by atoms with van der Waals surface area (Å²) in [6.45, 7) is 3.96. The van der Waals surface area contributed by atoms with Crippen molar-refractivity contribution < 1.29 is 4.79 Å². The van der Waals surface area contributed by atoms with E-state index in [1.165, 1.54) is 0 Å². The Balaban J connectivity index is 2.05. The van der Waals surface area contributed by atoms with E-state index >= 15 is 0 Å². The van der Waals surface area contributed by atoms with Crippen LogP contribution in [0, 0.1) is 6.92 Å². The lowest BCUT2D eigenvalue weighted by atomic mass is 10.2. The van der Waals surface area contributed by atoms with Gasteiger partial charge in [0.1, 0.15) is 11.3 Å². The average Bonchev–Trinajstić information content (AvgIpc) is 2.89. The van der Waals surface area contributed by atoms with Gasteiger partial charge in [0.15, 0.2) is 0 Å². The molecule has 0 aliphatic heterocycles. The fourth-order valence-corrected chi connectivity index (χ4v) is 2.81. The van der Waals surface area contributed by atoms with E-state index in [0.29, 0.717) is 27.8 Å². The Kier molecular flexibility index (Phi) is 4.28. The lowest BCUT2D eigenvalue weighted by Crippen LogP contribution is -2.16. The highest BCUT2D eigenvalue weighted by atomic mass is 35.5. The van der Waals surface area contributed by atoms with Crippen molar-refractivity contribution in [1.82, 2.24) is 9.38 Å². The van der Waals surface area contributed by atoms with Gasteiger partial charge < -0.3 is 5.32 Å². The number of carbonyl (C=O) groups is 1. The molecule has 0 fully saturated rings. The molecule has 0 spiro atoms. The van der Waals surface area contributed by atoms with Crippen LogP contribution in [-0.4, -0.2) is 15.3 Å². The van der Waals surface area contributed by atoms with Crippen molar-refractivity contribution in [3.05, 3.63) is 63.5 Å². The van der Waals surface area contributed by atoms with Gasteiger partial charge in [-0.1, -0.05) is 36.2 Å². The number of anilines is 1. The van der Waals surface area contributed by atoms with Crippen LogP contribution >= 0.6 is 23.2 Å². The Morgan fingerprint density at radius 1 is 1.30 bits per heavy atom. The largest absolute Gasteiger partial charge is 0.319 e. The van der Waals surface area contributed by atoms with Gasteiger partial charge in [-0.05, 0) is 43.2 Å². The average molecular weight is 348 g/mol. The topological polar surface area (TPSA) is 46.4 Å². The van der Waals surface area contributed by atoms with Gasteiger partial charge in [0.05, 0.1) is 21.4 Å². The molecule has 0 radical (unpaired) electrons. The van der Waals surface area contributed by atoms with Gasteiger partial charge >= 0.3 is 0 Å². The second-order valence-corrected chi connectivity index (χ2v) is 6.03. The first kappa shape index (κ1) is 15.8. The van der Waals surface area contributed by atoms with E-state index in [0.717, 1.165) is 16.9 Å². The summed E-state index contributed by atoms with van der Waals surface area (Å²) in [6, 6.07) is 9.01. The van der Waals surface area contributed by atoms with Gasteiger partial charge in [0, 0.05) is 6.20 Å². The summed E-state index contributed by atoms with van der Waals surface area (Å²) >= 11 is 12.1. The summed E-state index contributed by atoms with van der Waals surface area (Å²) in [5, 5.41) is 3.54. The molecule has 1 amide bonds. The fraction of sp³-hybridized carbons (Fsp3) is 0.176. The van der Waals surface area contributed by atoms with E-state index < -0.39 is 0 Å². The Bertz CT molecular complexity index is 902. The Morgan fingerprint density at radius 3 is 2.83 bits per heavy atom. The quantitative estimate of drug-likeness (QED) is 0.741. The van der Waals surface area contributed by atoms with Crippen LogP contribution in [-0.2, 0) is 6.42 Å². The summed E-state index contributed by atoms with van der Waals surface area (Å²) in [5.41, 5.74) is 3.58. The van der Waals surface area contributed by atoms with Crippen LogP contribution < -0.4 is 5.32 Å². The van der Waals surface area contributed by atoms with Gasteiger partial charge in [-0.2, -0.15) is 0 Å². The molecule has 0 atom stereocenters. The molecule has 2 heterocycles. The minimum absolute atomic E-state index is 0.262. The van der Waals surface area contributed by atoms with Gasteiger partial charge in [-0.3, -0.25) is 9.20 Å². The molecule has 0 aliphatic carbocycles. The molecule has 23 heavy (non-hydrogen) atoms. The molecule has 1 N–H and O–H groups in total. The maximum Gasteiger partial charge on any atom is 0.274 e. The zero-order chi connectivity index (χ0) is 16.6. The zero-order valence-corrected chi connectivity index (χ0v) is 14.2. The number of nitrogens with one attached hydrogen (secondary N) is 1. The SMILES string of the molecule is CCc1nc2cc(C)ccn2c1C(=O)Nc1cccc(Cl)c1Cl. The first-order valence-electron chi connectivity index (χ1n) is 7.24. The maximum absolute atomic E-state index is 12.7. The van der Waals surface area contributed by atoms with Crippen molar-refractivity contribution in [2.24, 2.45) is 0 Å². The van der Waals surface area contributed by atoms with Crippen molar-refractivity contribution in [3.8, 4) is 0 Å². The smallest absolute Gasteiger partial charge is 0.274 e. The normalized spacial score (nSPS) is 11.0. The molecule has 2 aromatic heterocycles. The molecule has 0 aliphatic rings. The van der Waals surface area contributed by atoms with Crippen molar-refractivity contribution in [2.45, 2.75) is 20.3 Å². The highest BCUT2D eigenvalue weighted by Crippen LogP contribution is 2.30. The van der Waals surface area contributed by atoms with Gasteiger partial charge in [0.25, 0.3) is 5.91 Å². The Labute approximate surface area is 144 Å². The predicted molar refractivity (Wildman–Crippen MR) is 93.7 cm³/mol. The van der Waals surface area contributed by atoms with Crippen LogP contribution in [0.1, 0.15) is 28.7 Å². The number of pyridine rings is 1. The number of rotatable bonds is 3. The standard InChI is InChI=1S/C17H15Cl2N3O/c1-3-12-16(22-8-7-10(2)9-14(22)20-12)17(23)21-13-6-4-5-11(18)15(13)19/h4-9H,3H2,1-2H3,(H,21,23). The van der Waals surface area contributed by atoms with E-state index in [2.05, 4.69) is 10.3 Å². The van der Waals surface area contributed by atoms with E-state index in [1.54, 1.807) is 22.6 Å². The molecule has 4 nitrogen and oxygen atoms in total. The second-order valence-electron chi connectivity index (χ2n) is 5.25. The van der Waals surface area contributed by atoms with Crippen molar-refractivity contribution >= 4 is 40.4 Å². The summed E-state index contributed by atoms with van der Waals surface area (Å²) in [6.07, 6.45) is 2.51. The number of amides is 1. The van der Waals surface area contributed by atoms with E-state index in [-0.39, 0.29) is 5.91 Å². The molecule has 0 saturated carbocycles. The number of benzene rings is 1. The number of carbonyl (C=O) groups excluding carboxylic acids is 1. The van der Waals surface area contributed by atoms with Crippen LogP contribution in [0.4, 0.5) is 5.69 Å². The number of aryl methyl sites for hydroxylation is 2. The van der Waals surface area contributed by atoms with E-state index in [9.17, 15) is 4.79 Å². The van der Waals surface area contributed by atoms with Crippen molar-refractivity contribution in [2.75, 3.05) is 5.32 Å². The van der Waals surface area contributed by atoms with Gasteiger partial charge in [-0.25, -0.2) is 4.98 Å². The lowest BCUT2D eigenvalue weighted by Gasteiger charge is -2.09. The molecule has 3 rings (SSSR count). The van der Waals surface area contributed by atoms with Crippen LogP contribution in [0.25, 0.3) is 5.65 Å². The van der Waals surface area contributed by atoms with Crippen LogP contribution in [0.2, 0.25) is 10.0 Å². The molecule has 3 aromatic rings. The molecule has 6 heteroatoms. The summed E-state index contributed by atoms with van der Waals surface area (Å²) in [5.74, 6) is -0.262. The molecule has 118 valence electrons. The molecular formula is C17H15Cl2N3O. The molecule has 0 bridgehead atoms. The number of hydrogen-bond donors (Lipinski definition) is 1. The monoisotopic (exact) mass is 347 g/mol. The zero-order valence-electron chi connectivity index (χ0n) is 12.7. The fourth-order valence-electron chi connectivity index (χ4n) is 2.46. The highest BCUT2D eigenvalue weighted by Gasteiger charge is 2.19. The number of fused-ring (bicyclic) bond motifs is 1. The van der Waals surface area contributed by atoms with Crippen LogP contribution in [0.5, 0.6) is 0 Å². The Morgan fingerprint density at radius 2 is 2.09 bits per heavy atom. The van der Waals surface area contributed by atoms with E-state index in [1.807, 2.05) is 32.2 Å². The second kappa shape index (κ2) is 6.22. The molecule has 1 aromatic carbocycles. The molecule has 0 saturated heterocycles. The summed E-state index contributed by atoms with van der Waals surface area (Å²) in [4.78, 5) is 17.3. The van der Waals surface area contributed by atoms with Crippen molar-refractivity contribution in [1.29, 1.82) is 0 Å². The number of imidazole rings is 1. The summed E-state index contributed by atoms with van der Waals surface area (Å²) in [7, 11) is 0.